The van der Waals surface area contributed by atoms with Crippen LogP contribution in [0, 0.1) is 5.92 Å². The number of nitrogens with zero attached hydrogens (tertiary/aromatic N) is 1. The number of nitrogens with one attached hydrogen (secondary N) is 1. The first kappa shape index (κ1) is 20.6. The first-order valence-electron chi connectivity index (χ1n) is 10.3. The van der Waals surface area contributed by atoms with Gasteiger partial charge in [-0.2, -0.15) is 0 Å². The first-order valence-corrected chi connectivity index (χ1v) is 10.3. The van der Waals surface area contributed by atoms with Crippen LogP contribution in [-0.4, -0.2) is 47.8 Å². The van der Waals surface area contributed by atoms with Crippen LogP contribution in [0.4, 0.5) is 0 Å². The molecule has 2 atom stereocenters. The maximum absolute atomic E-state index is 12.6. The average Bonchev–Trinajstić information content (AvgIpc) is 3.55. The number of ether oxygens (including phenoxy) is 2. The van der Waals surface area contributed by atoms with Gasteiger partial charge in [0.1, 0.15) is 6.61 Å². The SMILES string of the molecule is CCC(CCNC(=O)c1ncc(C2CC2)cc1OCC1CCCCO1)C(=O)O. The molecule has 1 aromatic rings. The Hall–Kier alpha value is -2.15. The molecule has 154 valence electrons. The summed E-state index contributed by atoms with van der Waals surface area (Å²) in [6, 6.07) is 1.93. The molecule has 1 amide bonds. The molecular weight excluding hydrogens is 360 g/mol. The smallest absolute Gasteiger partial charge is 0.306 e. The van der Waals surface area contributed by atoms with Crippen molar-refractivity contribution >= 4 is 11.9 Å². The normalized spacial score (nSPS) is 20.4. The summed E-state index contributed by atoms with van der Waals surface area (Å²) in [4.78, 5) is 28.1. The van der Waals surface area contributed by atoms with E-state index < -0.39 is 11.9 Å². The van der Waals surface area contributed by atoms with E-state index in [1.807, 2.05) is 13.0 Å². The molecule has 2 aliphatic rings. The van der Waals surface area contributed by atoms with Crippen molar-refractivity contribution < 1.29 is 24.2 Å². The lowest BCUT2D eigenvalue weighted by Crippen LogP contribution is -2.30. The zero-order valence-corrected chi connectivity index (χ0v) is 16.5. The van der Waals surface area contributed by atoms with Crippen LogP contribution in [0.3, 0.4) is 0 Å². The fourth-order valence-electron chi connectivity index (χ4n) is 3.45. The molecule has 2 unspecified atom stereocenters. The summed E-state index contributed by atoms with van der Waals surface area (Å²) >= 11 is 0. The number of pyridine rings is 1. The third kappa shape index (κ3) is 5.67. The molecule has 1 aromatic heterocycles. The molecule has 7 heteroatoms. The predicted molar refractivity (Wildman–Crippen MR) is 104 cm³/mol. The van der Waals surface area contributed by atoms with E-state index in [-0.39, 0.29) is 17.7 Å². The maximum Gasteiger partial charge on any atom is 0.306 e. The van der Waals surface area contributed by atoms with Crippen molar-refractivity contribution in [2.75, 3.05) is 19.8 Å². The van der Waals surface area contributed by atoms with Gasteiger partial charge in [-0.05, 0) is 62.5 Å². The van der Waals surface area contributed by atoms with Crippen LogP contribution in [0.2, 0.25) is 0 Å². The number of amides is 1. The van der Waals surface area contributed by atoms with Crippen molar-refractivity contribution in [1.82, 2.24) is 10.3 Å². The Morgan fingerprint density at radius 1 is 1.36 bits per heavy atom. The largest absolute Gasteiger partial charge is 0.488 e. The molecule has 1 aliphatic heterocycles. The summed E-state index contributed by atoms with van der Waals surface area (Å²) in [7, 11) is 0. The van der Waals surface area contributed by atoms with Crippen molar-refractivity contribution in [3.8, 4) is 5.75 Å². The van der Waals surface area contributed by atoms with Crippen LogP contribution in [-0.2, 0) is 9.53 Å². The molecule has 2 N–H and O–H groups in total. The molecule has 0 spiro atoms. The van der Waals surface area contributed by atoms with Gasteiger partial charge >= 0.3 is 5.97 Å². The Morgan fingerprint density at radius 2 is 2.18 bits per heavy atom. The molecule has 7 nitrogen and oxygen atoms in total. The topological polar surface area (TPSA) is 97.8 Å². The summed E-state index contributed by atoms with van der Waals surface area (Å²) in [5.74, 6) is -0.618. The van der Waals surface area contributed by atoms with E-state index in [1.165, 1.54) is 0 Å². The third-order valence-corrected chi connectivity index (χ3v) is 5.46. The Morgan fingerprint density at radius 3 is 2.82 bits per heavy atom. The standard InChI is InChI=1S/C21H30N2O5/c1-2-14(21(25)26)8-9-22-20(24)19-18(11-16(12-23-19)15-6-7-15)28-13-17-5-3-4-10-27-17/h11-12,14-15,17H,2-10,13H2,1H3,(H,22,24)(H,25,26). The van der Waals surface area contributed by atoms with E-state index in [0.29, 0.717) is 37.7 Å². The molecule has 0 bridgehead atoms. The average molecular weight is 390 g/mol. The molecule has 3 rings (SSSR count). The van der Waals surface area contributed by atoms with Gasteiger partial charge in [-0.1, -0.05) is 6.92 Å². The molecule has 0 radical (unpaired) electrons. The minimum absolute atomic E-state index is 0.0510. The first-order chi connectivity index (χ1) is 13.6. The van der Waals surface area contributed by atoms with Gasteiger partial charge in [0.15, 0.2) is 11.4 Å². The van der Waals surface area contributed by atoms with Crippen LogP contribution < -0.4 is 10.1 Å². The maximum atomic E-state index is 12.6. The highest BCUT2D eigenvalue weighted by Gasteiger charge is 2.27. The molecule has 1 saturated heterocycles. The Kier molecular flexibility index (Phi) is 7.25. The van der Waals surface area contributed by atoms with E-state index in [2.05, 4.69) is 10.3 Å². The Balaban J connectivity index is 1.62. The molecular formula is C21H30N2O5. The molecule has 2 fully saturated rings. The summed E-state index contributed by atoms with van der Waals surface area (Å²) in [5, 5.41) is 11.9. The van der Waals surface area contributed by atoms with Crippen LogP contribution in [0.15, 0.2) is 12.3 Å². The highest BCUT2D eigenvalue weighted by atomic mass is 16.5. The van der Waals surface area contributed by atoms with Crippen molar-refractivity contribution in [3.05, 3.63) is 23.5 Å². The third-order valence-electron chi connectivity index (χ3n) is 5.46. The van der Waals surface area contributed by atoms with Crippen molar-refractivity contribution in [3.63, 3.8) is 0 Å². The quantitative estimate of drug-likeness (QED) is 0.637. The lowest BCUT2D eigenvalue weighted by molar-refractivity contribution is -0.142. The Bertz CT molecular complexity index is 683. The zero-order valence-electron chi connectivity index (χ0n) is 16.5. The second-order valence-electron chi connectivity index (χ2n) is 7.68. The van der Waals surface area contributed by atoms with Gasteiger partial charge in [-0.15, -0.1) is 0 Å². The lowest BCUT2D eigenvalue weighted by Gasteiger charge is -2.23. The molecule has 1 saturated carbocycles. The van der Waals surface area contributed by atoms with Gasteiger partial charge in [-0.3, -0.25) is 9.59 Å². The summed E-state index contributed by atoms with van der Waals surface area (Å²) in [5.41, 5.74) is 1.36. The predicted octanol–water partition coefficient (Wildman–Crippen LogP) is 3.14. The number of rotatable bonds is 10. The fraction of sp³-hybridized carbons (Fsp3) is 0.667. The number of carbonyl (C=O) groups is 2. The number of carbonyl (C=O) groups excluding carboxylic acids is 1. The zero-order chi connectivity index (χ0) is 19.9. The van der Waals surface area contributed by atoms with Gasteiger partial charge in [0, 0.05) is 19.3 Å². The lowest BCUT2D eigenvalue weighted by atomic mass is 10.0. The second kappa shape index (κ2) is 9.87. The fourth-order valence-corrected chi connectivity index (χ4v) is 3.45. The van der Waals surface area contributed by atoms with E-state index in [9.17, 15) is 9.59 Å². The van der Waals surface area contributed by atoms with E-state index in [1.54, 1.807) is 6.20 Å². The van der Waals surface area contributed by atoms with Gasteiger partial charge in [-0.25, -0.2) is 4.98 Å². The minimum atomic E-state index is -0.833. The van der Waals surface area contributed by atoms with E-state index in [4.69, 9.17) is 14.6 Å². The van der Waals surface area contributed by atoms with E-state index >= 15 is 0 Å². The van der Waals surface area contributed by atoms with Gasteiger partial charge in [0.2, 0.25) is 0 Å². The van der Waals surface area contributed by atoms with Gasteiger partial charge < -0.3 is 19.9 Å². The number of carboxylic acid groups (broad SMARTS) is 1. The highest BCUT2D eigenvalue weighted by molar-refractivity contribution is 5.95. The molecule has 0 aromatic carbocycles. The number of hydrogen-bond donors (Lipinski definition) is 2. The summed E-state index contributed by atoms with van der Waals surface area (Å²) in [6.45, 7) is 3.29. The van der Waals surface area contributed by atoms with Crippen molar-refractivity contribution in [2.24, 2.45) is 5.92 Å². The van der Waals surface area contributed by atoms with Crippen LogP contribution >= 0.6 is 0 Å². The number of carboxylic acids is 1. The number of aromatic nitrogens is 1. The van der Waals surface area contributed by atoms with Gasteiger partial charge in [0.25, 0.3) is 5.91 Å². The number of hydrogen-bond acceptors (Lipinski definition) is 5. The Labute approximate surface area is 165 Å². The molecule has 1 aliphatic carbocycles. The van der Waals surface area contributed by atoms with Crippen LogP contribution in [0.25, 0.3) is 0 Å². The van der Waals surface area contributed by atoms with Crippen molar-refractivity contribution in [1.29, 1.82) is 0 Å². The monoisotopic (exact) mass is 390 g/mol. The van der Waals surface area contributed by atoms with Crippen LogP contribution in [0.1, 0.15) is 73.8 Å². The van der Waals surface area contributed by atoms with Crippen LogP contribution in [0.5, 0.6) is 5.75 Å². The number of aliphatic carboxylic acids is 1. The molecule has 2 heterocycles. The summed E-state index contributed by atoms with van der Waals surface area (Å²) < 4.78 is 11.7. The van der Waals surface area contributed by atoms with E-state index in [0.717, 1.165) is 44.3 Å². The second-order valence-corrected chi connectivity index (χ2v) is 7.68. The van der Waals surface area contributed by atoms with Gasteiger partial charge in [0.05, 0.1) is 12.0 Å². The minimum Gasteiger partial charge on any atom is -0.488 e. The highest BCUT2D eigenvalue weighted by Crippen LogP contribution is 2.41. The summed E-state index contributed by atoms with van der Waals surface area (Å²) in [6.07, 6.45) is 8.20. The van der Waals surface area contributed by atoms with Crippen molar-refractivity contribution in [2.45, 2.75) is 63.9 Å². The molecule has 28 heavy (non-hydrogen) atoms.